The van der Waals surface area contributed by atoms with E-state index in [4.69, 9.17) is 0 Å². The molecule has 0 fully saturated rings. The Morgan fingerprint density at radius 3 is 2.93 bits per heavy atom. The molecule has 0 unspecified atom stereocenters. The number of aryl methyl sites for hydroxylation is 1. The maximum Gasteiger partial charge on any atom is 0.325 e. The van der Waals surface area contributed by atoms with Gasteiger partial charge in [-0.15, -0.1) is 0 Å². The predicted octanol–water partition coefficient (Wildman–Crippen LogP) is 0.394. The van der Waals surface area contributed by atoms with Gasteiger partial charge in [-0.25, -0.2) is 9.97 Å². The van der Waals surface area contributed by atoms with E-state index in [-0.39, 0.29) is 12.5 Å². The van der Waals surface area contributed by atoms with Crippen molar-refractivity contribution >= 4 is 11.8 Å². The average Bonchev–Trinajstić information content (AvgIpc) is 2.17. The molecule has 0 radical (unpaired) electrons. The third kappa shape index (κ3) is 2.69. The Morgan fingerprint density at radius 1 is 1.64 bits per heavy atom. The minimum absolute atomic E-state index is 0.187. The predicted molar refractivity (Wildman–Crippen MR) is 52.1 cm³/mol. The number of ether oxygens (including phenoxy) is 1. The summed E-state index contributed by atoms with van der Waals surface area (Å²) in [6.07, 6.45) is 1.66. The molecule has 14 heavy (non-hydrogen) atoms. The SMILES string of the molecule is COC(=O)CN(C)c1ccnc(C)n1. The number of methoxy groups -OCH3 is 1. The normalized spacial score (nSPS) is 9.64. The molecule has 0 saturated heterocycles. The zero-order valence-electron chi connectivity index (χ0n) is 8.52. The fourth-order valence-corrected chi connectivity index (χ4v) is 0.996. The van der Waals surface area contributed by atoms with Gasteiger partial charge in [-0.2, -0.15) is 0 Å². The van der Waals surface area contributed by atoms with E-state index in [0.717, 1.165) is 0 Å². The molecule has 0 bridgehead atoms. The number of anilines is 1. The highest BCUT2D eigenvalue weighted by Crippen LogP contribution is 2.06. The van der Waals surface area contributed by atoms with Gasteiger partial charge in [0.15, 0.2) is 0 Å². The number of esters is 1. The van der Waals surface area contributed by atoms with Crippen LogP contribution in [0.4, 0.5) is 5.82 Å². The average molecular weight is 195 g/mol. The first-order valence-corrected chi connectivity index (χ1v) is 4.21. The van der Waals surface area contributed by atoms with Crippen LogP contribution in [-0.4, -0.2) is 36.6 Å². The number of rotatable bonds is 3. The smallest absolute Gasteiger partial charge is 0.325 e. The number of nitrogens with zero attached hydrogens (tertiary/aromatic N) is 3. The minimum Gasteiger partial charge on any atom is -0.468 e. The Kier molecular flexibility index (Phi) is 3.39. The van der Waals surface area contributed by atoms with E-state index >= 15 is 0 Å². The Morgan fingerprint density at radius 2 is 2.36 bits per heavy atom. The van der Waals surface area contributed by atoms with Gasteiger partial charge in [0.1, 0.15) is 18.2 Å². The second kappa shape index (κ2) is 4.55. The summed E-state index contributed by atoms with van der Waals surface area (Å²) in [7, 11) is 3.14. The van der Waals surface area contributed by atoms with Crippen molar-refractivity contribution in [3.8, 4) is 0 Å². The molecule has 0 amide bonds. The van der Waals surface area contributed by atoms with E-state index in [9.17, 15) is 4.79 Å². The van der Waals surface area contributed by atoms with Gasteiger partial charge in [0, 0.05) is 13.2 Å². The number of likely N-dealkylation sites (N-methyl/N-ethyl adjacent to an activating group) is 1. The molecule has 1 rings (SSSR count). The number of hydrogen-bond donors (Lipinski definition) is 0. The standard InChI is InChI=1S/C9H13N3O2/c1-7-10-5-4-8(11-7)12(2)6-9(13)14-3/h4-5H,6H2,1-3H3. The van der Waals surface area contributed by atoms with Crippen LogP contribution in [0.5, 0.6) is 0 Å². The molecule has 76 valence electrons. The molecule has 5 nitrogen and oxygen atoms in total. The molecule has 0 spiro atoms. The van der Waals surface area contributed by atoms with Crippen LogP contribution < -0.4 is 4.90 Å². The first-order chi connectivity index (χ1) is 6.63. The quantitative estimate of drug-likeness (QED) is 0.653. The zero-order valence-corrected chi connectivity index (χ0v) is 8.52. The van der Waals surface area contributed by atoms with E-state index in [1.54, 1.807) is 31.1 Å². The van der Waals surface area contributed by atoms with Crippen LogP contribution >= 0.6 is 0 Å². The first-order valence-electron chi connectivity index (χ1n) is 4.21. The van der Waals surface area contributed by atoms with Crippen LogP contribution in [0.25, 0.3) is 0 Å². The lowest BCUT2D eigenvalue weighted by molar-refractivity contribution is -0.138. The summed E-state index contributed by atoms with van der Waals surface area (Å²) in [6, 6.07) is 1.75. The summed E-state index contributed by atoms with van der Waals surface area (Å²) in [4.78, 5) is 20.8. The first kappa shape index (κ1) is 10.4. The molecule has 1 aromatic heterocycles. The van der Waals surface area contributed by atoms with Gasteiger partial charge in [0.25, 0.3) is 0 Å². The topological polar surface area (TPSA) is 55.3 Å². The van der Waals surface area contributed by atoms with Gasteiger partial charge in [0.05, 0.1) is 7.11 Å². The fraction of sp³-hybridized carbons (Fsp3) is 0.444. The van der Waals surface area contributed by atoms with Crippen molar-refractivity contribution in [1.82, 2.24) is 9.97 Å². The highest BCUT2D eigenvalue weighted by atomic mass is 16.5. The summed E-state index contributed by atoms with van der Waals surface area (Å²) in [5, 5.41) is 0. The lowest BCUT2D eigenvalue weighted by atomic mass is 10.4. The molecular formula is C9H13N3O2. The Hall–Kier alpha value is -1.65. The van der Waals surface area contributed by atoms with Crippen LogP contribution in [0, 0.1) is 6.92 Å². The summed E-state index contributed by atoms with van der Waals surface area (Å²) in [5.74, 6) is 1.10. The third-order valence-corrected chi connectivity index (χ3v) is 1.75. The number of carbonyl (C=O) groups is 1. The summed E-state index contributed by atoms with van der Waals surface area (Å²) >= 11 is 0. The van der Waals surface area contributed by atoms with Crippen molar-refractivity contribution in [2.24, 2.45) is 0 Å². The molecule has 0 aliphatic rings. The second-order valence-electron chi connectivity index (χ2n) is 2.89. The summed E-state index contributed by atoms with van der Waals surface area (Å²) in [6.45, 7) is 1.99. The van der Waals surface area contributed by atoms with Gasteiger partial charge < -0.3 is 9.64 Å². The highest BCUT2D eigenvalue weighted by Gasteiger charge is 2.08. The number of hydrogen-bond acceptors (Lipinski definition) is 5. The maximum absolute atomic E-state index is 11.0. The highest BCUT2D eigenvalue weighted by molar-refractivity contribution is 5.74. The van der Waals surface area contributed by atoms with E-state index in [1.165, 1.54) is 7.11 Å². The van der Waals surface area contributed by atoms with Gasteiger partial charge in [-0.1, -0.05) is 0 Å². The maximum atomic E-state index is 11.0. The van der Waals surface area contributed by atoms with Crippen molar-refractivity contribution in [3.63, 3.8) is 0 Å². The van der Waals surface area contributed by atoms with E-state index < -0.39 is 0 Å². The second-order valence-corrected chi connectivity index (χ2v) is 2.89. The monoisotopic (exact) mass is 195 g/mol. The molecule has 1 heterocycles. The van der Waals surface area contributed by atoms with Crippen LogP contribution in [0.3, 0.4) is 0 Å². The largest absolute Gasteiger partial charge is 0.468 e. The van der Waals surface area contributed by atoms with Crippen LogP contribution in [0.1, 0.15) is 5.82 Å². The Labute approximate surface area is 82.7 Å². The van der Waals surface area contributed by atoms with Gasteiger partial charge in [-0.3, -0.25) is 4.79 Å². The molecule has 0 N–H and O–H groups in total. The lowest BCUT2D eigenvalue weighted by Gasteiger charge is -2.16. The van der Waals surface area contributed by atoms with Crippen molar-refractivity contribution in [2.75, 3.05) is 25.6 Å². The van der Waals surface area contributed by atoms with Crippen molar-refractivity contribution < 1.29 is 9.53 Å². The zero-order chi connectivity index (χ0) is 10.6. The lowest BCUT2D eigenvalue weighted by Crippen LogP contribution is -2.27. The Bertz CT molecular complexity index is 328. The van der Waals surface area contributed by atoms with E-state index in [1.807, 2.05) is 0 Å². The van der Waals surface area contributed by atoms with Crippen molar-refractivity contribution in [3.05, 3.63) is 18.1 Å². The van der Waals surface area contributed by atoms with Crippen molar-refractivity contribution in [1.29, 1.82) is 0 Å². The number of aromatic nitrogens is 2. The molecule has 0 atom stereocenters. The molecule has 0 aromatic carbocycles. The molecule has 0 aliphatic carbocycles. The molecule has 0 saturated carbocycles. The van der Waals surface area contributed by atoms with E-state index in [0.29, 0.717) is 11.6 Å². The molecule has 0 aliphatic heterocycles. The van der Waals surface area contributed by atoms with Crippen molar-refractivity contribution in [2.45, 2.75) is 6.92 Å². The molecular weight excluding hydrogens is 182 g/mol. The third-order valence-electron chi connectivity index (χ3n) is 1.75. The summed E-state index contributed by atoms with van der Waals surface area (Å²) in [5.41, 5.74) is 0. The van der Waals surface area contributed by atoms with Gasteiger partial charge in [-0.05, 0) is 13.0 Å². The minimum atomic E-state index is -0.288. The summed E-state index contributed by atoms with van der Waals surface area (Å²) < 4.78 is 4.55. The molecule has 5 heteroatoms. The van der Waals surface area contributed by atoms with Gasteiger partial charge in [0.2, 0.25) is 0 Å². The fourth-order valence-electron chi connectivity index (χ4n) is 0.996. The number of carbonyl (C=O) groups excluding carboxylic acids is 1. The van der Waals surface area contributed by atoms with E-state index in [2.05, 4.69) is 14.7 Å². The molecule has 1 aromatic rings. The van der Waals surface area contributed by atoms with Crippen LogP contribution in [-0.2, 0) is 9.53 Å². The van der Waals surface area contributed by atoms with Crippen LogP contribution in [0.2, 0.25) is 0 Å². The Balaban J connectivity index is 2.69. The van der Waals surface area contributed by atoms with Gasteiger partial charge >= 0.3 is 5.97 Å². The van der Waals surface area contributed by atoms with Crippen LogP contribution in [0.15, 0.2) is 12.3 Å².